The summed E-state index contributed by atoms with van der Waals surface area (Å²) in [6, 6.07) is 4.55. The lowest BCUT2D eigenvalue weighted by molar-refractivity contribution is 0.520. The molecule has 2 aromatic heterocycles. The third kappa shape index (κ3) is 2.20. The van der Waals surface area contributed by atoms with Gasteiger partial charge in [0, 0.05) is 10.4 Å². The molecule has 0 aromatic carbocycles. The maximum absolute atomic E-state index is 5.38. The minimum absolute atomic E-state index is 0.258. The molecule has 1 N–H and O–H groups in total. The van der Waals surface area contributed by atoms with E-state index in [1.807, 2.05) is 6.92 Å². The van der Waals surface area contributed by atoms with Gasteiger partial charge in [0.25, 0.3) is 0 Å². The maximum Gasteiger partial charge on any atom is 0.105 e. The van der Waals surface area contributed by atoms with Crippen molar-refractivity contribution in [3.8, 4) is 0 Å². The molecule has 0 saturated heterocycles. The Balaban J connectivity index is 2.34. The number of aryl methyl sites for hydroxylation is 2. The zero-order valence-electron chi connectivity index (χ0n) is 9.91. The third-order valence-electron chi connectivity index (χ3n) is 2.70. The largest absolute Gasteiger partial charge is 0.469 e. The monoisotopic (exact) mass is 235 g/mol. The minimum Gasteiger partial charge on any atom is -0.469 e. The summed E-state index contributed by atoms with van der Waals surface area (Å²) in [6.07, 6.45) is 1.76. The van der Waals surface area contributed by atoms with Gasteiger partial charge in [-0.1, -0.05) is 6.92 Å². The molecule has 0 saturated carbocycles. The third-order valence-corrected chi connectivity index (χ3v) is 3.58. The van der Waals surface area contributed by atoms with Gasteiger partial charge in [0.05, 0.1) is 12.3 Å². The summed E-state index contributed by atoms with van der Waals surface area (Å²) in [6.45, 7) is 7.23. The van der Waals surface area contributed by atoms with Crippen LogP contribution < -0.4 is 5.32 Å². The fraction of sp³-hybridized carbons (Fsp3) is 0.385. The number of nitrogens with one attached hydrogen (secondary N) is 1. The smallest absolute Gasteiger partial charge is 0.105 e. The molecule has 2 aromatic rings. The molecule has 0 spiro atoms. The second-order valence-electron chi connectivity index (χ2n) is 3.91. The molecule has 86 valence electrons. The highest BCUT2D eigenvalue weighted by molar-refractivity contribution is 7.10. The van der Waals surface area contributed by atoms with Gasteiger partial charge in [-0.15, -0.1) is 11.3 Å². The highest BCUT2D eigenvalue weighted by atomic mass is 32.1. The molecule has 0 radical (unpaired) electrons. The summed E-state index contributed by atoms with van der Waals surface area (Å²) in [4.78, 5) is 1.35. The lowest BCUT2D eigenvalue weighted by Crippen LogP contribution is -2.21. The molecule has 1 atom stereocenters. The van der Waals surface area contributed by atoms with Gasteiger partial charge in [-0.05, 0) is 43.5 Å². The summed E-state index contributed by atoms with van der Waals surface area (Å²) in [5.74, 6) is 0.995. The van der Waals surface area contributed by atoms with Crippen molar-refractivity contribution in [2.45, 2.75) is 26.8 Å². The van der Waals surface area contributed by atoms with Crippen molar-refractivity contribution in [1.29, 1.82) is 0 Å². The lowest BCUT2D eigenvalue weighted by atomic mass is 10.0. The molecule has 16 heavy (non-hydrogen) atoms. The zero-order chi connectivity index (χ0) is 11.5. The average Bonchev–Trinajstić information content (AvgIpc) is 2.84. The van der Waals surface area contributed by atoms with Crippen molar-refractivity contribution in [3.63, 3.8) is 0 Å². The van der Waals surface area contributed by atoms with E-state index < -0.39 is 0 Å². The van der Waals surface area contributed by atoms with Gasteiger partial charge in [-0.3, -0.25) is 0 Å². The van der Waals surface area contributed by atoms with E-state index in [9.17, 15) is 0 Å². The van der Waals surface area contributed by atoms with Crippen LogP contribution in [0.1, 0.15) is 34.7 Å². The Kier molecular flexibility index (Phi) is 3.46. The van der Waals surface area contributed by atoms with Crippen molar-refractivity contribution >= 4 is 11.3 Å². The van der Waals surface area contributed by atoms with E-state index in [-0.39, 0.29) is 6.04 Å². The van der Waals surface area contributed by atoms with E-state index >= 15 is 0 Å². The molecule has 0 aliphatic rings. The number of rotatable bonds is 4. The molecule has 0 fully saturated rings. The predicted molar refractivity (Wildman–Crippen MR) is 68.0 cm³/mol. The van der Waals surface area contributed by atoms with Gasteiger partial charge >= 0.3 is 0 Å². The van der Waals surface area contributed by atoms with Gasteiger partial charge in [0.15, 0.2) is 0 Å². The van der Waals surface area contributed by atoms with Crippen LogP contribution in [-0.4, -0.2) is 6.54 Å². The Morgan fingerprint density at radius 1 is 1.44 bits per heavy atom. The summed E-state index contributed by atoms with van der Waals surface area (Å²) in [7, 11) is 0. The Hall–Kier alpha value is -1.06. The Labute approximate surface area is 100 Å². The van der Waals surface area contributed by atoms with Crippen LogP contribution in [-0.2, 0) is 0 Å². The molecule has 0 amide bonds. The average molecular weight is 235 g/mol. The van der Waals surface area contributed by atoms with Crippen molar-refractivity contribution in [2.75, 3.05) is 6.54 Å². The summed E-state index contributed by atoms with van der Waals surface area (Å²) < 4.78 is 5.38. The number of hydrogen-bond donors (Lipinski definition) is 1. The van der Waals surface area contributed by atoms with E-state index in [1.165, 1.54) is 16.0 Å². The zero-order valence-corrected chi connectivity index (χ0v) is 10.7. The Bertz CT molecular complexity index is 458. The van der Waals surface area contributed by atoms with Crippen molar-refractivity contribution in [1.82, 2.24) is 5.32 Å². The van der Waals surface area contributed by atoms with E-state index in [0.29, 0.717) is 0 Å². The topological polar surface area (TPSA) is 25.2 Å². The first-order valence-corrected chi connectivity index (χ1v) is 6.42. The van der Waals surface area contributed by atoms with Crippen LogP contribution in [0.5, 0.6) is 0 Å². The molecule has 2 rings (SSSR count). The minimum atomic E-state index is 0.258. The van der Waals surface area contributed by atoms with Gasteiger partial charge in [0.2, 0.25) is 0 Å². The quantitative estimate of drug-likeness (QED) is 0.875. The first-order valence-electron chi connectivity index (χ1n) is 5.54. The molecule has 0 bridgehead atoms. The molecular formula is C13H17NOS. The van der Waals surface area contributed by atoms with Crippen molar-refractivity contribution in [3.05, 3.63) is 45.5 Å². The van der Waals surface area contributed by atoms with Crippen LogP contribution in [0, 0.1) is 13.8 Å². The summed E-state index contributed by atoms with van der Waals surface area (Å²) >= 11 is 1.79. The van der Waals surface area contributed by atoms with Crippen LogP contribution in [0.4, 0.5) is 0 Å². The Morgan fingerprint density at radius 3 is 2.75 bits per heavy atom. The lowest BCUT2D eigenvalue weighted by Gasteiger charge is -2.16. The molecule has 0 aliphatic heterocycles. The maximum atomic E-state index is 5.38. The first-order chi connectivity index (χ1) is 7.72. The second kappa shape index (κ2) is 4.85. The molecule has 1 unspecified atom stereocenters. The van der Waals surface area contributed by atoms with E-state index in [2.05, 4.69) is 36.7 Å². The van der Waals surface area contributed by atoms with Gasteiger partial charge < -0.3 is 9.73 Å². The van der Waals surface area contributed by atoms with Crippen LogP contribution >= 0.6 is 11.3 Å². The normalized spacial score (nSPS) is 12.9. The standard InChI is InChI=1S/C13H17NOS/c1-4-14-13(11-7-9(2)16-8-11)12-5-6-15-10(12)3/h5-8,13-14H,4H2,1-3H3. The molecule has 3 heteroatoms. The molecule has 2 nitrogen and oxygen atoms in total. The predicted octanol–water partition coefficient (Wildman–Crippen LogP) is 3.66. The van der Waals surface area contributed by atoms with Gasteiger partial charge in [0.1, 0.15) is 5.76 Å². The van der Waals surface area contributed by atoms with E-state index in [1.54, 1.807) is 17.6 Å². The van der Waals surface area contributed by atoms with Crippen LogP contribution in [0.15, 0.2) is 28.2 Å². The number of thiophene rings is 1. The van der Waals surface area contributed by atoms with Gasteiger partial charge in [-0.2, -0.15) is 0 Å². The molecule has 0 aliphatic carbocycles. The van der Waals surface area contributed by atoms with Crippen molar-refractivity contribution < 1.29 is 4.42 Å². The van der Waals surface area contributed by atoms with Crippen LogP contribution in [0.2, 0.25) is 0 Å². The fourth-order valence-corrected chi connectivity index (χ4v) is 2.65. The second-order valence-corrected chi connectivity index (χ2v) is 5.03. The number of furan rings is 1. The highest BCUT2D eigenvalue weighted by Gasteiger charge is 2.17. The SMILES string of the molecule is CCNC(c1csc(C)c1)c1ccoc1C. The van der Waals surface area contributed by atoms with Crippen LogP contribution in [0.3, 0.4) is 0 Å². The molecular weight excluding hydrogens is 218 g/mol. The molecule has 2 heterocycles. The first kappa shape index (κ1) is 11.4. The number of hydrogen-bond acceptors (Lipinski definition) is 3. The highest BCUT2D eigenvalue weighted by Crippen LogP contribution is 2.28. The summed E-state index contributed by atoms with van der Waals surface area (Å²) in [5, 5.41) is 5.72. The van der Waals surface area contributed by atoms with E-state index in [0.717, 1.165) is 12.3 Å². The van der Waals surface area contributed by atoms with E-state index in [4.69, 9.17) is 4.42 Å². The fourth-order valence-electron chi connectivity index (χ4n) is 1.92. The van der Waals surface area contributed by atoms with Crippen LogP contribution in [0.25, 0.3) is 0 Å². The van der Waals surface area contributed by atoms with Gasteiger partial charge in [-0.25, -0.2) is 0 Å². The Morgan fingerprint density at radius 2 is 2.25 bits per heavy atom. The van der Waals surface area contributed by atoms with Crippen molar-refractivity contribution in [2.24, 2.45) is 0 Å². The summed E-state index contributed by atoms with van der Waals surface area (Å²) in [5.41, 5.74) is 2.56.